The quantitative estimate of drug-likeness (QED) is 0.465. The van der Waals surface area contributed by atoms with Crippen molar-refractivity contribution in [2.24, 2.45) is 11.8 Å². The van der Waals surface area contributed by atoms with Crippen molar-refractivity contribution >= 4 is 12.3 Å². The van der Waals surface area contributed by atoms with Crippen molar-refractivity contribution < 1.29 is 14.3 Å². The van der Waals surface area contributed by atoms with Crippen LogP contribution in [0.1, 0.15) is 26.7 Å². The molecule has 0 fully saturated rings. The Labute approximate surface area is 73.1 Å². The van der Waals surface area contributed by atoms with Crippen molar-refractivity contribution in [1.82, 2.24) is 0 Å². The van der Waals surface area contributed by atoms with Gasteiger partial charge in [0.2, 0.25) is 0 Å². The van der Waals surface area contributed by atoms with Crippen LogP contribution >= 0.6 is 0 Å². The van der Waals surface area contributed by atoms with E-state index in [-0.39, 0.29) is 11.9 Å². The van der Waals surface area contributed by atoms with Crippen LogP contribution in [0.15, 0.2) is 0 Å². The predicted molar refractivity (Wildman–Crippen MR) is 45.6 cm³/mol. The minimum Gasteiger partial charge on any atom is -0.469 e. The summed E-state index contributed by atoms with van der Waals surface area (Å²) in [5.41, 5.74) is 0. The van der Waals surface area contributed by atoms with E-state index in [1.165, 1.54) is 7.11 Å². The molecule has 0 N–H and O–H groups in total. The summed E-state index contributed by atoms with van der Waals surface area (Å²) in [4.78, 5) is 21.1. The van der Waals surface area contributed by atoms with Gasteiger partial charge in [0.25, 0.3) is 0 Å². The first kappa shape index (κ1) is 11.1. The highest BCUT2D eigenvalue weighted by Crippen LogP contribution is 2.18. The van der Waals surface area contributed by atoms with Gasteiger partial charge in [-0.3, -0.25) is 4.79 Å². The Hall–Kier alpha value is -0.860. The highest BCUT2D eigenvalue weighted by molar-refractivity contribution is 5.70. The summed E-state index contributed by atoms with van der Waals surface area (Å²) < 4.78 is 4.52. The lowest BCUT2D eigenvalue weighted by Crippen LogP contribution is -2.15. The molecule has 3 nitrogen and oxygen atoms in total. The molecule has 0 spiro atoms. The monoisotopic (exact) mass is 172 g/mol. The number of hydrogen-bond donors (Lipinski definition) is 0. The molecule has 0 unspecified atom stereocenters. The van der Waals surface area contributed by atoms with Gasteiger partial charge in [0, 0.05) is 12.8 Å². The Bertz CT molecular complexity index is 152. The summed E-state index contributed by atoms with van der Waals surface area (Å²) in [5, 5.41) is 0. The summed E-state index contributed by atoms with van der Waals surface area (Å²) in [6.07, 6.45) is 1.63. The van der Waals surface area contributed by atoms with E-state index in [0.717, 1.165) is 6.29 Å². The smallest absolute Gasteiger partial charge is 0.305 e. The summed E-state index contributed by atoms with van der Waals surface area (Å²) in [6, 6.07) is 0. The SMILES string of the molecule is COC(=O)C[C@H](CC=O)C(C)C. The lowest BCUT2D eigenvalue weighted by molar-refractivity contribution is -0.142. The highest BCUT2D eigenvalue weighted by Gasteiger charge is 2.16. The van der Waals surface area contributed by atoms with Crippen LogP contribution in [0.2, 0.25) is 0 Å². The van der Waals surface area contributed by atoms with E-state index in [9.17, 15) is 9.59 Å². The number of methoxy groups -OCH3 is 1. The zero-order chi connectivity index (χ0) is 9.56. The van der Waals surface area contributed by atoms with Gasteiger partial charge in [0.15, 0.2) is 0 Å². The summed E-state index contributed by atoms with van der Waals surface area (Å²) in [7, 11) is 1.36. The zero-order valence-electron chi connectivity index (χ0n) is 7.87. The van der Waals surface area contributed by atoms with Crippen LogP contribution in [0.25, 0.3) is 0 Å². The number of carbonyl (C=O) groups is 2. The van der Waals surface area contributed by atoms with Crippen LogP contribution in [0.5, 0.6) is 0 Å². The van der Waals surface area contributed by atoms with Crippen LogP contribution in [0, 0.1) is 11.8 Å². The molecule has 0 rings (SSSR count). The van der Waals surface area contributed by atoms with Crippen molar-refractivity contribution in [3.8, 4) is 0 Å². The molecule has 0 saturated carbocycles. The standard InChI is InChI=1S/C9H16O3/c1-7(2)8(4-5-10)6-9(11)12-3/h5,7-8H,4,6H2,1-3H3/t8-/m0/s1. The number of hydrogen-bond acceptors (Lipinski definition) is 3. The molecule has 70 valence electrons. The molecule has 0 aromatic heterocycles. The molecule has 3 heteroatoms. The largest absolute Gasteiger partial charge is 0.469 e. The normalized spacial score (nSPS) is 12.7. The summed E-state index contributed by atoms with van der Waals surface area (Å²) in [6.45, 7) is 3.99. The third-order valence-electron chi connectivity index (χ3n) is 2.00. The van der Waals surface area contributed by atoms with Gasteiger partial charge in [-0.1, -0.05) is 13.8 Å². The molecule has 0 heterocycles. The van der Waals surface area contributed by atoms with Crippen LogP contribution in [-0.4, -0.2) is 19.4 Å². The fourth-order valence-corrected chi connectivity index (χ4v) is 1.01. The van der Waals surface area contributed by atoms with E-state index in [1.54, 1.807) is 0 Å². The molecule has 0 aliphatic carbocycles. The van der Waals surface area contributed by atoms with E-state index >= 15 is 0 Å². The van der Waals surface area contributed by atoms with Gasteiger partial charge in [0.05, 0.1) is 7.11 Å². The first-order chi connectivity index (χ1) is 5.61. The third-order valence-corrected chi connectivity index (χ3v) is 2.00. The molecular weight excluding hydrogens is 156 g/mol. The Balaban J connectivity index is 3.94. The minimum absolute atomic E-state index is 0.120. The van der Waals surface area contributed by atoms with Gasteiger partial charge in [-0.15, -0.1) is 0 Å². The average Bonchev–Trinajstić information content (AvgIpc) is 2.03. The van der Waals surface area contributed by atoms with Crippen molar-refractivity contribution in [2.75, 3.05) is 7.11 Å². The maximum absolute atomic E-state index is 10.9. The second kappa shape index (κ2) is 5.75. The van der Waals surface area contributed by atoms with E-state index in [0.29, 0.717) is 18.8 Å². The number of aldehydes is 1. The summed E-state index contributed by atoms with van der Waals surface area (Å²) >= 11 is 0. The van der Waals surface area contributed by atoms with Crippen LogP contribution < -0.4 is 0 Å². The van der Waals surface area contributed by atoms with Crippen molar-refractivity contribution in [3.63, 3.8) is 0 Å². The summed E-state index contributed by atoms with van der Waals surface area (Å²) in [5.74, 6) is 0.222. The molecule has 0 radical (unpaired) electrons. The molecule has 0 aliphatic rings. The van der Waals surface area contributed by atoms with Crippen molar-refractivity contribution in [3.05, 3.63) is 0 Å². The van der Waals surface area contributed by atoms with Crippen molar-refractivity contribution in [1.29, 1.82) is 0 Å². The molecule has 0 saturated heterocycles. The molecule has 0 amide bonds. The van der Waals surface area contributed by atoms with Gasteiger partial charge >= 0.3 is 5.97 Å². The van der Waals surface area contributed by atoms with E-state index in [2.05, 4.69) is 4.74 Å². The number of carbonyl (C=O) groups excluding carboxylic acids is 2. The maximum Gasteiger partial charge on any atom is 0.305 e. The topological polar surface area (TPSA) is 43.4 Å². The Morgan fingerprint density at radius 3 is 2.42 bits per heavy atom. The van der Waals surface area contributed by atoms with Crippen molar-refractivity contribution in [2.45, 2.75) is 26.7 Å². The number of rotatable bonds is 5. The molecular formula is C9H16O3. The molecule has 0 aliphatic heterocycles. The van der Waals surface area contributed by atoms with Gasteiger partial charge < -0.3 is 9.53 Å². The van der Waals surface area contributed by atoms with Gasteiger partial charge in [-0.25, -0.2) is 0 Å². The lowest BCUT2D eigenvalue weighted by atomic mass is 9.90. The van der Waals surface area contributed by atoms with E-state index in [1.807, 2.05) is 13.8 Å². The van der Waals surface area contributed by atoms with E-state index in [4.69, 9.17) is 0 Å². The second-order valence-corrected chi connectivity index (χ2v) is 3.19. The lowest BCUT2D eigenvalue weighted by Gasteiger charge is -2.16. The first-order valence-corrected chi connectivity index (χ1v) is 4.12. The Morgan fingerprint density at radius 1 is 1.50 bits per heavy atom. The van der Waals surface area contributed by atoms with Gasteiger partial charge in [-0.05, 0) is 11.8 Å². The van der Waals surface area contributed by atoms with Gasteiger partial charge in [0.1, 0.15) is 6.29 Å². The predicted octanol–water partition coefficient (Wildman–Crippen LogP) is 1.41. The van der Waals surface area contributed by atoms with Crippen LogP contribution in [0.3, 0.4) is 0 Å². The molecule has 1 atom stereocenters. The fourth-order valence-electron chi connectivity index (χ4n) is 1.01. The highest BCUT2D eigenvalue weighted by atomic mass is 16.5. The third kappa shape index (κ3) is 4.11. The van der Waals surface area contributed by atoms with Crippen LogP contribution in [0.4, 0.5) is 0 Å². The Kier molecular flexibility index (Phi) is 5.34. The fraction of sp³-hybridized carbons (Fsp3) is 0.778. The minimum atomic E-state index is -0.240. The average molecular weight is 172 g/mol. The molecule has 0 bridgehead atoms. The zero-order valence-corrected chi connectivity index (χ0v) is 7.87. The van der Waals surface area contributed by atoms with E-state index < -0.39 is 0 Å². The Morgan fingerprint density at radius 2 is 2.08 bits per heavy atom. The van der Waals surface area contributed by atoms with Gasteiger partial charge in [-0.2, -0.15) is 0 Å². The molecule has 0 aromatic rings. The number of ether oxygens (including phenoxy) is 1. The molecule has 0 aromatic carbocycles. The first-order valence-electron chi connectivity index (χ1n) is 4.12. The molecule has 12 heavy (non-hydrogen) atoms. The maximum atomic E-state index is 10.9. The number of esters is 1. The van der Waals surface area contributed by atoms with Crippen LogP contribution in [-0.2, 0) is 14.3 Å². The second-order valence-electron chi connectivity index (χ2n) is 3.19.